The Morgan fingerprint density at radius 3 is 2.68 bits per heavy atom. The van der Waals surface area contributed by atoms with E-state index in [1.165, 1.54) is 6.08 Å². The molecule has 0 radical (unpaired) electrons. The van der Waals surface area contributed by atoms with Crippen molar-refractivity contribution in [1.29, 1.82) is 0 Å². The van der Waals surface area contributed by atoms with Crippen LogP contribution in [-0.2, 0) is 14.8 Å². The Hall–Kier alpha value is -1.82. The third-order valence-corrected chi connectivity index (χ3v) is 3.89. The van der Waals surface area contributed by atoms with Crippen molar-refractivity contribution in [2.45, 2.75) is 20.3 Å². The molecule has 0 saturated heterocycles. The Balaban J connectivity index is 3.01. The summed E-state index contributed by atoms with van der Waals surface area (Å²) in [5, 5.41) is 8.56. The summed E-state index contributed by atoms with van der Waals surface area (Å²) in [6, 6.07) is 5.08. The molecule has 0 saturated carbocycles. The van der Waals surface area contributed by atoms with Crippen LogP contribution in [0.3, 0.4) is 0 Å². The highest BCUT2D eigenvalue weighted by atomic mass is 32.2. The zero-order valence-corrected chi connectivity index (χ0v) is 11.7. The van der Waals surface area contributed by atoms with Gasteiger partial charge in [-0.25, -0.2) is 13.2 Å². The smallest absolute Gasteiger partial charge is 0.328 e. The van der Waals surface area contributed by atoms with E-state index in [9.17, 15) is 13.2 Å². The number of aliphatic carboxylic acids is 1. The molecular weight excluding hydrogens is 266 g/mol. The standard InChI is InChI=1S/C13H17NO4S/c1-3-8-19(17,18)14-12-9-11(5-4-10(12)2)6-7-13(15)16/h4-7,9,14H,3,8H2,1-2H3,(H,15,16). The summed E-state index contributed by atoms with van der Waals surface area (Å²) >= 11 is 0. The van der Waals surface area contributed by atoms with Crippen LogP contribution in [0.4, 0.5) is 5.69 Å². The second-order valence-corrected chi connectivity index (χ2v) is 6.01. The number of nitrogens with one attached hydrogen (secondary N) is 1. The minimum atomic E-state index is -3.35. The lowest BCUT2D eigenvalue weighted by Gasteiger charge is -2.10. The van der Waals surface area contributed by atoms with Crippen LogP contribution in [0.25, 0.3) is 6.08 Å². The van der Waals surface area contributed by atoms with Gasteiger partial charge in [-0.15, -0.1) is 0 Å². The predicted octanol–water partition coefficient (Wildman–Crippen LogP) is 2.24. The fourth-order valence-electron chi connectivity index (χ4n) is 1.51. The van der Waals surface area contributed by atoms with Gasteiger partial charge < -0.3 is 5.11 Å². The summed E-state index contributed by atoms with van der Waals surface area (Å²) in [5.74, 6) is -0.990. The summed E-state index contributed by atoms with van der Waals surface area (Å²) in [4.78, 5) is 10.4. The maximum Gasteiger partial charge on any atom is 0.328 e. The van der Waals surface area contributed by atoms with E-state index in [0.717, 1.165) is 11.6 Å². The molecule has 1 rings (SSSR count). The summed E-state index contributed by atoms with van der Waals surface area (Å²) in [7, 11) is -3.35. The van der Waals surface area contributed by atoms with E-state index in [4.69, 9.17) is 5.11 Å². The number of hydrogen-bond acceptors (Lipinski definition) is 3. The van der Waals surface area contributed by atoms with Gasteiger partial charge in [0.05, 0.1) is 11.4 Å². The zero-order chi connectivity index (χ0) is 14.5. The Labute approximate surface area is 113 Å². The van der Waals surface area contributed by atoms with Gasteiger partial charge in [-0.05, 0) is 36.6 Å². The topological polar surface area (TPSA) is 83.5 Å². The van der Waals surface area contributed by atoms with Crippen molar-refractivity contribution in [3.05, 3.63) is 35.4 Å². The third-order valence-electron chi connectivity index (χ3n) is 2.42. The number of carboxylic acids is 1. The SMILES string of the molecule is CCCS(=O)(=O)Nc1cc(C=CC(=O)O)ccc1C. The van der Waals surface area contributed by atoms with Gasteiger partial charge >= 0.3 is 5.97 Å². The molecule has 2 N–H and O–H groups in total. The molecule has 0 aliphatic carbocycles. The molecule has 0 fully saturated rings. The largest absolute Gasteiger partial charge is 0.478 e. The highest BCUT2D eigenvalue weighted by Crippen LogP contribution is 2.19. The molecule has 0 unspecified atom stereocenters. The first kappa shape index (κ1) is 15.2. The van der Waals surface area contributed by atoms with Gasteiger partial charge in [0.2, 0.25) is 10.0 Å². The van der Waals surface area contributed by atoms with Crippen molar-refractivity contribution in [2.75, 3.05) is 10.5 Å². The van der Waals surface area contributed by atoms with Crippen molar-refractivity contribution < 1.29 is 18.3 Å². The van der Waals surface area contributed by atoms with E-state index in [0.29, 0.717) is 17.7 Å². The molecule has 0 spiro atoms. The van der Waals surface area contributed by atoms with Gasteiger partial charge in [-0.3, -0.25) is 4.72 Å². The van der Waals surface area contributed by atoms with Crippen LogP contribution >= 0.6 is 0 Å². The van der Waals surface area contributed by atoms with E-state index in [2.05, 4.69) is 4.72 Å². The van der Waals surface area contributed by atoms with Gasteiger partial charge in [0.25, 0.3) is 0 Å². The van der Waals surface area contributed by atoms with E-state index in [-0.39, 0.29) is 5.75 Å². The molecule has 0 aliphatic heterocycles. The highest BCUT2D eigenvalue weighted by molar-refractivity contribution is 7.92. The van der Waals surface area contributed by atoms with Crippen LogP contribution in [-0.4, -0.2) is 25.2 Å². The summed E-state index contributed by atoms with van der Waals surface area (Å²) in [6.07, 6.45) is 2.96. The van der Waals surface area contributed by atoms with E-state index < -0.39 is 16.0 Å². The molecule has 0 aliphatic rings. The van der Waals surface area contributed by atoms with Crippen LogP contribution in [0.2, 0.25) is 0 Å². The highest BCUT2D eigenvalue weighted by Gasteiger charge is 2.10. The van der Waals surface area contributed by atoms with Crippen LogP contribution in [0.15, 0.2) is 24.3 Å². The van der Waals surface area contributed by atoms with Crippen LogP contribution < -0.4 is 4.72 Å². The normalized spacial score (nSPS) is 11.7. The first-order valence-corrected chi connectivity index (χ1v) is 7.51. The van der Waals surface area contributed by atoms with Crippen LogP contribution in [0, 0.1) is 6.92 Å². The van der Waals surface area contributed by atoms with Gasteiger partial charge in [-0.2, -0.15) is 0 Å². The van der Waals surface area contributed by atoms with Gasteiger partial charge in [0.15, 0.2) is 0 Å². The lowest BCUT2D eigenvalue weighted by molar-refractivity contribution is -0.131. The third kappa shape index (κ3) is 5.13. The minimum Gasteiger partial charge on any atom is -0.478 e. The monoisotopic (exact) mass is 283 g/mol. The molecule has 0 heterocycles. The first-order valence-electron chi connectivity index (χ1n) is 5.86. The number of aryl methyl sites for hydroxylation is 1. The number of sulfonamides is 1. The molecule has 6 heteroatoms. The number of benzene rings is 1. The van der Waals surface area contributed by atoms with E-state index in [1.807, 2.05) is 0 Å². The second-order valence-electron chi connectivity index (χ2n) is 4.17. The molecule has 1 aromatic carbocycles. The minimum absolute atomic E-state index is 0.0572. The predicted molar refractivity (Wildman–Crippen MR) is 75.5 cm³/mol. The van der Waals surface area contributed by atoms with Crippen molar-refractivity contribution in [3.8, 4) is 0 Å². The fraction of sp³-hybridized carbons (Fsp3) is 0.308. The quantitative estimate of drug-likeness (QED) is 0.784. The van der Waals surface area contributed by atoms with Gasteiger partial charge in [0.1, 0.15) is 0 Å². The van der Waals surface area contributed by atoms with E-state index in [1.54, 1.807) is 32.0 Å². The Kier molecular flexibility index (Phi) is 5.11. The number of carbonyl (C=O) groups is 1. The number of rotatable bonds is 6. The Morgan fingerprint density at radius 1 is 1.42 bits per heavy atom. The van der Waals surface area contributed by atoms with Crippen LogP contribution in [0.5, 0.6) is 0 Å². The number of carboxylic acid groups (broad SMARTS) is 1. The van der Waals surface area contributed by atoms with Crippen molar-refractivity contribution in [3.63, 3.8) is 0 Å². The zero-order valence-electron chi connectivity index (χ0n) is 10.9. The molecule has 0 bridgehead atoms. The molecule has 0 aromatic heterocycles. The molecule has 19 heavy (non-hydrogen) atoms. The van der Waals surface area contributed by atoms with Crippen molar-refractivity contribution in [1.82, 2.24) is 0 Å². The maximum atomic E-state index is 11.7. The molecule has 104 valence electrons. The van der Waals surface area contributed by atoms with Crippen LogP contribution in [0.1, 0.15) is 24.5 Å². The van der Waals surface area contributed by atoms with Gasteiger partial charge in [-0.1, -0.05) is 19.1 Å². The molecule has 5 nitrogen and oxygen atoms in total. The number of anilines is 1. The molecule has 1 aromatic rings. The Bertz CT molecular complexity index is 591. The lowest BCUT2D eigenvalue weighted by Crippen LogP contribution is -2.16. The summed E-state index contributed by atoms with van der Waals surface area (Å²) in [5.41, 5.74) is 1.88. The molecule has 0 amide bonds. The average Bonchev–Trinajstić information content (AvgIpc) is 2.29. The molecular formula is C13H17NO4S. The first-order chi connectivity index (χ1) is 8.84. The summed E-state index contributed by atoms with van der Waals surface area (Å²) < 4.78 is 25.9. The summed E-state index contributed by atoms with van der Waals surface area (Å²) in [6.45, 7) is 3.58. The maximum absolute atomic E-state index is 11.7. The van der Waals surface area contributed by atoms with E-state index >= 15 is 0 Å². The fourth-order valence-corrected chi connectivity index (χ4v) is 2.70. The van der Waals surface area contributed by atoms with Crippen molar-refractivity contribution >= 4 is 27.8 Å². The Morgan fingerprint density at radius 2 is 2.11 bits per heavy atom. The second kappa shape index (κ2) is 6.38. The average molecular weight is 283 g/mol. The lowest BCUT2D eigenvalue weighted by atomic mass is 10.1. The number of hydrogen-bond donors (Lipinski definition) is 2. The molecule has 0 atom stereocenters. The van der Waals surface area contributed by atoms with Crippen molar-refractivity contribution in [2.24, 2.45) is 0 Å². The van der Waals surface area contributed by atoms with Gasteiger partial charge in [0, 0.05) is 6.08 Å².